The van der Waals surface area contributed by atoms with Gasteiger partial charge in [0.15, 0.2) is 17.5 Å². The van der Waals surface area contributed by atoms with Crippen molar-refractivity contribution in [2.45, 2.75) is 36.6 Å². The summed E-state index contributed by atoms with van der Waals surface area (Å²) in [5.74, 6) is -4.07. The Hall–Kier alpha value is -0.830. The molecule has 1 aliphatic carbocycles. The van der Waals surface area contributed by atoms with Crippen LogP contribution < -0.4 is 5.32 Å². The van der Waals surface area contributed by atoms with Crippen LogP contribution in [0.5, 0.6) is 0 Å². The summed E-state index contributed by atoms with van der Waals surface area (Å²) < 4.78 is 66.0. The second kappa shape index (κ2) is 7.59. The third-order valence-electron chi connectivity index (χ3n) is 4.46. The SMILES string of the molecule is Cl.O=S(=O)(c1ccc(F)c(F)c1F)N1CCC(NCC2CC2)CC1. The number of rotatable bonds is 5. The maximum atomic E-state index is 13.8. The first-order valence-corrected chi connectivity index (χ1v) is 9.20. The lowest BCUT2D eigenvalue weighted by Gasteiger charge is -2.31. The van der Waals surface area contributed by atoms with Crippen LogP contribution in [0.15, 0.2) is 17.0 Å². The van der Waals surface area contributed by atoms with E-state index in [-0.39, 0.29) is 31.5 Å². The van der Waals surface area contributed by atoms with Crippen molar-refractivity contribution in [1.82, 2.24) is 9.62 Å². The first-order valence-electron chi connectivity index (χ1n) is 7.76. The molecule has 0 aromatic heterocycles. The van der Waals surface area contributed by atoms with Crippen LogP contribution in [0.2, 0.25) is 0 Å². The zero-order chi connectivity index (χ0) is 16.6. The molecule has 0 spiro atoms. The van der Waals surface area contributed by atoms with Gasteiger partial charge in [-0.3, -0.25) is 0 Å². The predicted octanol–water partition coefficient (Wildman–Crippen LogP) is 2.68. The monoisotopic (exact) mass is 384 g/mol. The molecule has 1 aromatic rings. The second-order valence-electron chi connectivity index (χ2n) is 6.20. The smallest absolute Gasteiger partial charge is 0.246 e. The summed E-state index contributed by atoms with van der Waals surface area (Å²) in [7, 11) is -4.15. The number of nitrogens with zero attached hydrogens (tertiary/aromatic N) is 1. The van der Waals surface area contributed by atoms with Crippen LogP contribution >= 0.6 is 12.4 Å². The first kappa shape index (κ1) is 19.5. The highest BCUT2D eigenvalue weighted by Gasteiger charge is 2.33. The van der Waals surface area contributed by atoms with Crippen LogP contribution in [0.4, 0.5) is 13.2 Å². The first-order chi connectivity index (χ1) is 10.9. The number of piperidine rings is 1. The van der Waals surface area contributed by atoms with Crippen molar-refractivity contribution in [3.05, 3.63) is 29.6 Å². The number of halogens is 4. The Morgan fingerprint density at radius 3 is 2.25 bits per heavy atom. The summed E-state index contributed by atoms with van der Waals surface area (Å²) in [6, 6.07) is 1.66. The van der Waals surface area contributed by atoms with Gasteiger partial charge in [-0.15, -0.1) is 12.4 Å². The van der Waals surface area contributed by atoms with Crippen LogP contribution in [0.25, 0.3) is 0 Å². The van der Waals surface area contributed by atoms with E-state index in [0.29, 0.717) is 18.9 Å². The number of sulfonamides is 1. The zero-order valence-corrected chi connectivity index (χ0v) is 14.6. The fourth-order valence-electron chi connectivity index (χ4n) is 2.80. The van der Waals surface area contributed by atoms with E-state index in [0.717, 1.165) is 22.8 Å². The van der Waals surface area contributed by atoms with Crippen molar-refractivity contribution >= 4 is 22.4 Å². The van der Waals surface area contributed by atoms with E-state index in [2.05, 4.69) is 5.32 Å². The van der Waals surface area contributed by atoms with Gasteiger partial charge < -0.3 is 5.32 Å². The van der Waals surface area contributed by atoms with Gasteiger partial charge in [0.1, 0.15) is 4.90 Å². The zero-order valence-electron chi connectivity index (χ0n) is 13.0. The van der Waals surface area contributed by atoms with Crippen molar-refractivity contribution in [2.75, 3.05) is 19.6 Å². The topological polar surface area (TPSA) is 49.4 Å². The Morgan fingerprint density at radius 1 is 1.04 bits per heavy atom. The molecule has 1 aliphatic heterocycles. The quantitative estimate of drug-likeness (QED) is 0.794. The van der Waals surface area contributed by atoms with E-state index >= 15 is 0 Å². The third kappa shape index (κ3) is 4.04. The van der Waals surface area contributed by atoms with Gasteiger partial charge in [0.05, 0.1) is 0 Å². The molecule has 4 nitrogen and oxygen atoms in total. The van der Waals surface area contributed by atoms with E-state index in [9.17, 15) is 21.6 Å². The molecule has 1 saturated carbocycles. The molecule has 1 N–H and O–H groups in total. The minimum atomic E-state index is -4.15. The highest BCUT2D eigenvalue weighted by atomic mass is 35.5. The summed E-state index contributed by atoms with van der Waals surface area (Å²) in [6.07, 6.45) is 3.74. The maximum Gasteiger partial charge on any atom is 0.246 e. The summed E-state index contributed by atoms with van der Waals surface area (Å²) in [4.78, 5) is -0.805. The second-order valence-corrected chi connectivity index (χ2v) is 8.11. The van der Waals surface area contributed by atoms with Crippen LogP contribution in [-0.2, 0) is 10.0 Å². The van der Waals surface area contributed by atoms with Crippen molar-refractivity contribution in [1.29, 1.82) is 0 Å². The molecule has 0 atom stereocenters. The van der Waals surface area contributed by atoms with E-state index in [1.54, 1.807) is 0 Å². The summed E-state index contributed by atoms with van der Waals surface area (Å²) in [5, 5.41) is 3.42. The highest BCUT2D eigenvalue weighted by Crippen LogP contribution is 2.29. The molecule has 0 amide bonds. The average molecular weight is 385 g/mol. The van der Waals surface area contributed by atoms with E-state index in [1.165, 1.54) is 12.8 Å². The van der Waals surface area contributed by atoms with Gasteiger partial charge in [-0.2, -0.15) is 4.31 Å². The molecule has 2 fully saturated rings. The molecule has 0 unspecified atom stereocenters. The summed E-state index contributed by atoms with van der Waals surface area (Å²) in [5.41, 5.74) is 0. The molecular formula is C15H20ClF3N2O2S. The molecular weight excluding hydrogens is 365 g/mol. The molecule has 1 saturated heterocycles. The Morgan fingerprint density at radius 2 is 1.67 bits per heavy atom. The molecule has 1 heterocycles. The Labute approximate surface area is 145 Å². The Bertz CT molecular complexity index is 690. The molecule has 136 valence electrons. The minimum Gasteiger partial charge on any atom is -0.314 e. The lowest BCUT2D eigenvalue weighted by molar-refractivity contribution is 0.286. The van der Waals surface area contributed by atoms with Gasteiger partial charge in [0.2, 0.25) is 10.0 Å². The largest absolute Gasteiger partial charge is 0.314 e. The molecule has 1 aromatic carbocycles. The maximum absolute atomic E-state index is 13.8. The van der Waals surface area contributed by atoms with E-state index < -0.39 is 32.4 Å². The van der Waals surface area contributed by atoms with Crippen molar-refractivity contribution in [3.8, 4) is 0 Å². The van der Waals surface area contributed by atoms with E-state index in [1.807, 2.05) is 0 Å². The van der Waals surface area contributed by atoms with Gasteiger partial charge in [-0.25, -0.2) is 21.6 Å². The molecule has 2 aliphatic rings. The number of nitrogens with one attached hydrogen (secondary N) is 1. The lowest BCUT2D eigenvalue weighted by atomic mass is 10.1. The van der Waals surface area contributed by atoms with Crippen molar-refractivity contribution < 1.29 is 21.6 Å². The third-order valence-corrected chi connectivity index (χ3v) is 6.38. The Kier molecular flexibility index (Phi) is 6.17. The fraction of sp³-hybridized carbons (Fsp3) is 0.600. The van der Waals surface area contributed by atoms with Crippen LogP contribution in [-0.4, -0.2) is 38.4 Å². The fourth-order valence-corrected chi connectivity index (χ4v) is 4.33. The molecule has 0 bridgehead atoms. The normalized spacial score (nSPS) is 20.0. The van der Waals surface area contributed by atoms with Crippen molar-refractivity contribution in [2.24, 2.45) is 5.92 Å². The average Bonchev–Trinajstić information content (AvgIpc) is 3.35. The molecule has 0 radical (unpaired) electrons. The summed E-state index contributed by atoms with van der Waals surface area (Å²) >= 11 is 0. The summed E-state index contributed by atoms with van der Waals surface area (Å²) in [6.45, 7) is 1.43. The van der Waals surface area contributed by atoms with Gasteiger partial charge in [-0.05, 0) is 50.3 Å². The van der Waals surface area contributed by atoms with Crippen LogP contribution in [0, 0.1) is 23.4 Å². The van der Waals surface area contributed by atoms with E-state index in [4.69, 9.17) is 0 Å². The highest BCUT2D eigenvalue weighted by molar-refractivity contribution is 7.89. The van der Waals surface area contributed by atoms with Gasteiger partial charge >= 0.3 is 0 Å². The Balaban J connectivity index is 0.00000208. The van der Waals surface area contributed by atoms with Crippen LogP contribution in [0.3, 0.4) is 0 Å². The predicted molar refractivity (Wildman–Crippen MR) is 86.1 cm³/mol. The van der Waals surface area contributed by atoms with Gasteiger partial charge in [-0.1, -0.05) is 0 Å². The lowest BCUT2D eigenvalue weighted by Crippen LogP contribution is -2.45. The van der Waals surface area contributed by atoms with Crippen LogP contribution in [0.1, 0.15) is 25.7 Å². The van der Waals surface area contributed by atoms with Gasteiger partial charge in [0, 0.05) is 19.1 Å². The number of hydrogen-bond donors (Lipinski definition) is 1. The molecule has 24 heavy (non-hydrogen) atoms. The number of hydrogen-bond acceptors (Lipinski definition) is 3. The van der Waals surface area contributed by atoms with Crippen molar-refractivity contribution in [3.63, 3.8) is 0 Å². The standard InChI is InChI=1S/C15H19F3N2O2S.ClH/c16-12-3-4-13(15(18)14(12)17)23(21,22)20-7-5-11(6-8-20)19-9-10-1-2-10;/h3-4,10-11,19H,1-2,5-9H2;1H. The molecule has 3 rings (SSSR count). The molecule has 9 heteroatoms. The minimum absolute atomic E-state index is 0. The number of benzene rings is 1. The van der Waals surface area contributed by atoms with Gasteiger partial charge in [0.25, 0.3) is 0 Å².